The van der Waals surface area contributed by atoms with Gasteiger partial charge in [-0.1, -0.05) is 22.0 Å². The van der Waals surface area contributed by atoms with Crippen molar-refractivity contribution in [3.05, 3.63) is 40.4 Å². The molecule has 1 saturated heterocycles. The van der Waals surface area contributed by atoms with Crippen LogP contribution in [0.1, 0.15) is 32.3 Å². The van der Waals surface area contributed by atoms with Crippen molar-refractivity contribution in [2.75, 3.05) is 57.1 Å². The van der Waals surface area contributed by atoms with Crippen molar-refractivity contribution < 1.29 is 9.53 Å². The van der Waals surface area contributed by atoms with Gasteiger partial charge in [0.1, 0.15) is 5.75 Å². The number of aryl methyl sites for hydroxylation is 2. The molecule has 2 aromatic carbocycles. The van der Waals surface area contributed by atoms with E-state index >= 15 is 0 Å². The zero-order valence-corrected chi connectivity index (χ0v) is 24.4. The number of carbonyl (C=O) groups excluding carboxylic acids is 1. The molecule has 0 unspecified atom stereocenters. The number of hydrogen-bond donors (Lipinski definition) is 1. The number of carbonyl (C=O) groups is 1. The number of fused-ring (bicyclic) bond motifs is 1. The van der Waals surface area contributed by atoms with Crippen LogP contribution in [0.3, 0.4) is 0 Å². The number of anilines is 3. The Labute approximate surface area is 228 Å². The summed E-state index contributed by atoms with van der Waals surface area (Å²) in [5.74, 6) is 1.77. The molecule has 0 spiro atoms. The molecule has 4 rings (SSSR count). The molecule has 8 nitrogen and oxygen atoms in total. The summed E-state index contributed by atoms with van der Waals surface area (Å²) in [5.41, 5.74) is 5.08. The van der Waals surface area contributed by atoms with Gasteiger partial charge >= 0.3 is 0 Å². The Hall–Kier alpha value is -2.78. The highest BCUT2D eigenvalue weighted by Gasteiger charge is 2.22. The summed E-state index contributed by atoms with van der Waals surface area (Å²) in [6.45, 7) is 10.8. The number of hydrogen-bond acceptors (Lipinski definition) is 6. The maximum atomic E-state index is 12.8. The summed E-state index contributed by atoms with van der Waals surface area (Å²) in [4.78, 5) is 24.4. The van der Waals surface area contributed by atoms with Gasteiger partial charge in [0, 0.05) is 56.7 Å². The average Bonchev–Trinajstić information content (AvgIpc) is 3.18. The molecule has 1 aromatic heterocycles. The number of benzene rings is 2. The van der Waals surface area contributed by atoms with E-state index in [0.29, 0.717) is 6.42 Å². The quantitative estimate of drug-likeness (QED) is 0.383. The number of nitrogens with one attached hydrogen (secondary N) is 1. The molecule has 0 bridgehead atoms. The fourth-order valence-electron chi connectivity index (χ4n) is 5.01. The van der Waals surface area contributed by atoms with E-state index in [0.717, 1.165) is 83.3 Å². The van der Waals surface area contributed by atoms with Gasteiger partial charge in [-0.05, 0) is 64.1 Å². The summed E-state index contributed by atoms with van der Waals surface area (Å²) in [6.07, 6.45) is 1.39. The number of nitrogens with zero attached hydrogens (tertiary/aromatic N) is 5. The van der Waals surface area contributed by atoms with Crippen molar-refractivity contribution in [2.24, 2.45) is 7.05 Å². The number of imidazole rings is 1. The molecule has 2 heterocycles. The summed E-state index contributed by atoms with van der Waals surface area (Å²) in [7, 11) is 5.82. The van der Waals surface area contributed by atoms with Gasteiger partial charge in [-0.3, -0.25) is 4.79 Å². The molecule has 0 aliphatic carbocycles. The van der Waals surface area contributed by atoms with Crippen LogP contribution in [-0.2, 0) is 11.8 Å². The third-order valence-corrected chi connectivity index (χ3v) is 7.63. The molecule has 1 aliphatic heterocycles. The van der Waals surface area contributed by atoms with E-state index in [1.54, 1.807) is 7.11 Å². The van der Waals surface area contributed by atoms with E-state index in [1.807, 2.05) is 31.0 Å². The number of para-hydroxylation sites is 1. The van der Waals surface area contributed by atoms with Crippen molar-refractivity contribution in [2.45, 2.75) is 39.7 Å². The number of aromatic nitrogens is 2. The first-order valence-corrected chi connectivity index (χ1v) is 13.8. The average molecular weight is 572 g/mol. The minimum atomic E-state index is 0.265. The second-order valence-electron chi connectivity index (χ2n) is 10.1. The second kappa shape index (κ2) is 11.7. The molecule has 1 fully saturated rings. The summed E-state index contributed by atoms with van der Waals surface area (Å²) < 4.78 is 8.71. The Morgan fingerprint density at radius 2 is 1.92 bits per heavy atom. The third-order valence-electron chi connectivity index (χ3n) is 7.17. The fourth-order valence-corrected chi connectivity index (χ4v) is 5.56. The lowest BCUT2D eigenvalue weighted by molar-refractivity contribution is -0.132. The Kier molecular flexibility index (Phi) is 8.64. The van der Waals surface area contributed by atoms with E-state index < -0.39 is 0 Å². The van der Waals surface area contributed by atoms with Crippen molar-refractivity contribution in [1.82, 2.24) is 19.4 Å². The largest absolute Gasteiger partial charge is 0.495 e. The first-order valence-electron chi connectivity index (χ1n) is 13.0. The van der Waals surface area contributed by atoms with Crippen LogP contribution >= 0.6 is 15.9 Å². The van der Waals surface area contributed by atoms with Gasteiger partial charge in [0.15, 0.2) is 0 Å². The molecular weight excluding hydrogens is 532 g/mol. The van der Waals surface area contributed by atoms with Gasteiger partial charge in [-0.25, -0.2) is 4.98 Å². The molecule has 37 heavy (non-hydrogen) atoms. The summed E-state index contributed by atoms with van der Waals surface area (Å²) in [5, 5.41) is 3.50. The van der Waals surface area contributed by atoms with E-state index in [1.165, 1.54) is 0 Å². The molecule has 0 saturated carbocycles. The van der Waals surface area contributed by atoms with E-state index in [9.17, 15) is 4.79 Å². The van der Waals surface area contributed by atoms with Crippen LogP contribution in [0.4, 0.5) is 17.3 Å². The molecule has 0 atom stereocenters. The standard InChI is InChI=1S/C28H39BrN6O2/c1-19(2)35(12-8-11-25(36)34-15-13-32(4)14-16-34)23-10-7-9-22-27(23)33(5)28(30-22)31-26-20(3)17-21(29)18-24(26)37-6/h7,9-10,17-19H,8,11-16H2,1-6H3,(H,30,31). The number of piperazine rings is 1. The number of amides is 1. The van der Waals surface area contributed by atoms with E-state index in [-0.39, 0.29) is 11.9 Å². The van der Waals surface area contributed by atoms with Gasteiger partial charge in [-0.2, -0.15) is 0 Å². The van der Waals surface area contributed by atoms with Crippen LogP contribution in [0.2, 0.25) is 0 Å². The highest BCUT2D eigenvalue weighted by Crippen LogP contribution is 2.36. The Bertz CT molecular complexity index is 1250. The molecule has 1 amide bonds. The molecule has 1 aliphatic rings. The van der Waals surface area contributed by atoms with Gasteiger partial charge in [0.2, 0.25) is 11.9 Å². The SMILES string of the molecule is COc1cc(Br)cc(C)c1Nc1nc2cccc(N(CCCC(=O)N3CCN(C)CC3)C(C)C)c2n1C. The maximum absolute atomic E-state index is 12.8. The van der Waals surface area contributed by atoms with Crippen molar-refractivity contribution in [3.8, 4) is 5.75 Å². The topological polar surface area (TPSA) is 65.9 Å². The smallest absolute Gasteiger partial charge is 0.222 e. The van der Waals surface area contributed by atoms with E-state index in [4.69, 9.17) is 9.72 Å². The van der Waals surface area contributed by atoms with Crippen molar-refractivity contribution in [3.63, 3.8) is 0 Å². The number of rotatable bonds is 9. The molecule has 9 heteroatoms. The predicted molar refractivity (Wildman–Crippen MR) is 155 cm³/mol. The first-order chi connectivity index (χ1) is 17.7. The zero-order valence-electron chi connectivity index (χ0n) is 22.8. The predicted octanol–water partition coefficient (Wildman–Crippen LogP) is 5.17. The van der Waals surface area contributed by atoms with Gasteiger partial charge < -0.3 is 29.3 Å². The van der Waals surface area contributed by atoms with Crippen LogP contribution in [0.15, 0.2) is 34.8 Å². The Morgan fingerprint density at radius 1 is 1.19 bits per heavy atom. The normalized spacial score (nSPS) is 14.4. The van der Waals surface area contributed by atoms with E-state index in [2.05, 4.69) is 74.7 Å². The van der Waals surface area contributed by atoms with Gasteiger partial charge in [-0.15, -0.1) is 0 Å². The van der Waals surface area contributed by atoms with Gasteiger partial charge in [0.25, 0.3) is 0 Å². The Balaban J connectivity index is 1.55. The lowest BCUT2D eigenvalue weighted by Gasteiger charge is -2.33. The highest BCUT2D eigenvalue weighted by molar-refractivity contribution is 9.10. The van der Waals surface area contributed by atoms with Crippen molar-refractivity contribution in [1.29, 1.82) is 0 Å². The number of halogens is 1. The second-order valence-corrected chi connectivity index (χ2v) is 11.1. The minimum Gasteiger partial charge on any atom is -0.495 e. The lowest BCUT2D eigenvalue weighted by Crippen LogP contribution is -2.47. The van der Waals surface area contributed by atoms with Crippen LogP contribution in [0.5, 0.6) is 5.75 Å². The van der Waals surface area contributed by atoms with Gasteiger partial charge in [0.05, 0.1) is 29.5 Å². The Morgan fingerprint density at radius 3 is 2.59 bits per heavy atom. The molecule has 200 valence electrons. The summed E-state index contributed by atoms with van der Waals surface area (Å²) >= 11 is 3.55. The molecular formula is C28H39BrN6O2. The minimum absolute atomic E-state index is 0.265. The zero-order chi connectivity index (χ0) is 26.7. The number of ether oxygens (including phenoxy) is 1. The van der Waals surface area contributed by atoms with Crippen molar-refractivity contribution >= 4 is 50.2 Å². The lowest BCUT2D eigenvalue weighted by atomic mass is 10.1. The van der Waals surface area contributed by atoms with Crippen LogP contribution in [0.25, 0.3) is 11.0 Å². The third kappa shape index (κ3) is 6.04. The van der Waals surface area contributed by atoms with Crippen LogP contribution in [-0.4, -0.2) is 78.2 Å². The first kappa shape index (κ1) is 27.3. The molecule has 1 N–H and O–H groups in total. The van der Waals surface area contributed by atoms with Crippen LogP contribution < -0.4 is 15.0 Å². The molecule has 0 radical (unpaired) electrons. The highest BCUT2D eigenvalue weighted by atomic mass is 79.9. The fraction of sp³-hybridized carbons (Fsp3) is 0.500. The maximum Gasteiger partial charge on any atom is 0.222 e. The number of methoxy groups -OCH3 is 1. The monoisotopic (exact) mass is 570 g/mol. The number of likely N-dealkylation sites (N-methyl/N-ethyl adjacent to an activating group) is 1. The summed E-state index contributed by atoms with van der Waals surface area (Å²) in [6, 6.07) is 10.6. The molecule has 3 aromatic rings. The van der Waals surface area contributed by atoms with Crippen LogP contribution in [0, 0.1) is 6.92 Å².